The van der Waals surface area contributed by atoms with E-state index in [4.69, 9.17) is 4.74 Å². The van der Waals surface area contributed by atoms with Gasteiger partial charge in [0.2, 0.25) is 0 Å². The van der Waals surface area contributed by atoms with Crippen LogP contribution in [0, 0.1) is 11.7 Å². The van der Waals surface area contributed by atoms with E-state index in [0.717, 1.165) is 19.4 Å². The number of ether oxygens (including phenoxy) is 1. The average Bonchev–Trinajstić information content (AvgIpc) is 2.45. The van der Waals surface area contributed by atoms with Crippen LogP contribution in [-0.4, -0.2) is 36.2 Å². The van der Waals surface area contributed by atoms with Crippen molar-refractivity contribution < 1.29 is 13.9 Å². The minimum Gasteiger partial charge on any atom is -0.444 e. The maximum atomic E-state index is 13.8. The molecular weight excluding hydrogens is 363 g/mol. The van der Waals surface area contributed by atoms with Gasteiger partial charge in [0.1, 0.15) is 11.4 Å². The van der Waals surface area contributed by atoms with Crippen LogP contribution in [0.1, 0.15) is 33.6 Å². The van der Waals surface area contributed by atoms with Gasteiger partial charge in [-0.15, -0.1) is 0 Å². The molecule has 1 N–H and O–H groups in total. The lowest BCUT2D eigenvalue weighted by atomic mass is 9.98. The lowest BCUT2D eigenvalue weighted by molar-refractivity contribution is 0.0172. The van der Waals surface area contributed by atoms with Crippen LogP contribution in [0.15, 0.2) is 22.7 Å². The first-order chi connectivity index (χ1) is 10.8. The number of hydrogen-bond acceptors (Lipinski definition) is 3. The van der Waals surface area contributed by atoms with E-state index in [1.54, 1.807) is 17.0 Å². The van der Waals surface area contributed by atoms with E-state index in [9.17, 15) is 9.18 Å². The number of para-hydroxylation sites is 1. The number of hydrogen-bond donors (Lipinski definition) is 1. The van der Waals surface area contributed by atoms with E-state index in [1.807, 2.05) is 20.8 Å². The first-order valence-electron chi connectivity index (χ1n) is 7.92. The molecule has 4 nitrogen and oxygen atoms in total. The summed E-state index contributed by atoms with van der Waals surface area (Å²) < 4.78 is 19.9. The third-order valence-corrected chi connectivity index (χ3v) is 4.36. The van der Waals surface area contributed by atoms with E-state index < -0.39 is 5.60 Å². The third-order valence-electron chi connectivity index (χ3n) is 3.70. The van der Waals surface area contributed by atoms with Gasteiger partial charge >= 0.3 is 6.09 Å². The van der Waals surface area contributed by atoms with Gasteiger partial charge in [-0.25, -0.2) is 9.18 Å². The Morgan fingerprint density at radius 3 is 2.87 bits per heavy atom. The Balaban J connectivity index is 1.90. The molecule has 1 unspecified atom stereocenters. The number of rotatable bonds is 3. The van der Waals surface area contributed by atoms with Crippen LogP contribution in [0.2, 0.25) is 0 Å². The van der Waals surface area contributed by atoms with Gasteiger partial charge in [0.25, 0.3) is 0 Å². The zero-order chi connectivity index (χ0) is 17.0. The molecular formula is C17H24BrFN2O2. The van der Waals surface area contributed by atoms with Gasteiger partial charge in [-0.1, -0.05) is 6.07 Å². The molecule has 1 aliphatic heterocycles. The molecule has 1 fully saturated rings. The predicted octanol–water partition coefficient (Wildman–Crippen LogP) is 4.65. The fourth-order valence-electron chi connectivity index (χ4n) is 2.64. The Kier molecular flexibility index (Phi) is 5.89. The monoisotopic (exact) mass is 386 g/mol. The van der Waals surface area contributed by atoms with Crippen molar-refractivity contribution in [1.82, 2.24) is 4.90 Å². The Morgan fingerprint density at radius 1 is 1.48 bits per heavy atom. The molecule has 1 aromatic rings. The number of halogens is 2. The van der Waals surface area contributed by atoms with Crippen LogP contribution < -0.4 is 5.32 Å². The predicted molar refractivity (Wildman–Crippen MR) is 93.1 cm³/mol. The van der Waals surface area contributed by atoms with Crippen molar-refractivity contribution in [3.05, 3.63) is 28.5 Å². The van der Waals surface area contributed by atoms with Crippen molar-refractivity contribution in [3.63, 3.8) is 0 Å². The highest BCUT2D eigenvalue weighted by Crippen LogP contribution is 2.26. The molecule has 1 saturated heterocycles. The van der Waals surface area contributed by atoms with E-state index in [1.165, 1.54) is 6.07 Å². The zero-order valence-electron chi connectivity index (χ0n) is 13.9. The normalized spacial score (nSPS) is 18.7. The topological polar surface area (TPSA) is 41.6 Å². The standard InChI is InChI=1S/C17H24BrFN2O2/c1-17(2,3)23-16(22)21-9-5-6-12(11-21)10-20-15-13(18)7-4-8-14(15)19/h4,7-8,12,20H,5-6,9-11H2,1-3H3. The molecule has 0 radical (unpaired) electrons. The molecule has 128 valence electrons. The van der Waals surface area contributed by atoms with Crippen molar-refractivity contribution in [1.29, 1.82) is 0 Å². The third kappa shape index (κ3) is 5.37. The average molecular weight is 387 g/mol. The molecule has 1 heterocycles. The van der Waals surface area contributed by atoms with Crippen molar-refractivity contribution in [2.24, 2.45) is 5.92 Å². The number of amides is 1. The summed E-state index contributed by atoms with van der Waals surface area (Å²) in [5.74, 6) is 0.00181. The maximum absolute atomic E-state index is 13.8. The molecule has 1 aliphatic rings. The summed E-state index contributed by atoms with van der Waals surface area (Å²) in [6.07, 6.45) is 1.68. The number of benzene rings is 1. The van der Waals surface area contributed by atoms with E-state index in [2.05, 4.69) is 21.2 Å². The van der Waals surface area contributed by atoms with E-state index in [-0.39, 0.29) is 17.8 Å². The minimum absolute atomic E-state index is 0.269. The highest BCUT2D eigenvalue weighted by molar-refractivity contribution is 9.10. The second-order valence-electron chi connectivity index (χ2n) is 6.91. The second-order valence-corrected chi connectivity index (χ2v) is 7.77. The number of likely N-dealkylation sites (tertiary alicyclic amines) is 1. The van der Waals surface area contributed by atoms with Gasteiger partial charge in [-0.3, -0.25) is 0 Å². The summed E-state index contributed by atoms with van der Waals surface area (Å²) in [7, 11) is 0. The lowest BCUT2D eigenvalue weighted by Crippen LogP contribution is -2.44. The van der Waals surface area contributed by atoms with E-state index in [0.29, 0.717) is 23.2 Å². The number of carbonyl (C=O) groups excluding carboxylic acids is 1. The van der Waals surface area contributed by atoms with Gasteiger partial charge < -0.3 is 15.0 Å². The number of nitrogens with zero attached hydrogens (tertiary/aromatic N) is 1. The molecule has 0 saturated carbocycles. The largest absolute Gasteiger partial charge is 0.444 e. The first kappa shape index (κ1) is 18.0. The molecule has 23 heavy (non-hydrogen) atoms. The zero-order valence-corrected chi connectivity index (χ0v) is 15.5. The summed E-state index contributed by atoms with van der Waals surface area (Å²) in [5, 5.41) is 3.16. The van der Waals surface area contributed by atoms with E-state index >= 15 is 0 Å². The minimum atomic E-state index is -0.486. The molecule has 0 aromatic heterocycles. The van der Waals surface area contributed by atoms with Crippen LogP contribution in [-0.2, 0) is 4.74 Å². The van der Waals surface area contributed by atoms with Crippen molar-refractivity contribution in [3.8, 4) is 0 Å². The van der Waals surface area contributed by atoms with Crippen LogP contribution in [0.3, 0.4) is 0 Å². The van der Waals surface area contributed by atoms with Gasteiger partial charge in [0.15, 0.2) is 0 Å². The van der Waals surface area contributed by atoms with Gasteiger partial charge in [0, 0.05) is 24.1 Å². The summed E-state index contributed by atoms with van der Waals surface area (Å²) >= 11 is 3.35. The summed E-state index contributed by atoms with van der Waals surface area (Å²) in [6, 6.07) is 4.90. The molecule has 0 aliphatic carbocycles. The summed E-state index contributed by atoms with van der Waals surface area (Å²) in [6.45, 7) is 7.57. The molecule has 0 spiro atoms. The van der Waals surface area contributed by atoms with Crippen molar-refractivity contribution in [2.45, 2.75) is 39.2 Å². The molecule has 1 amide bonds. The van der Waals surface area contributed by atoms with Crippen LogP contribution in [0.25, 0.3) is 0 Å². The lowest BCUT2D eigenvalue weighted by Gasteiger charge is -2.34. The molecule has 1 atom stereocenters. The van der Waals surface area contributed by atoms with Crippen LogP contribution >= 0.6 is 15.9 Å². The van der Waals surface area contributed by atoms with Crippen LogP contribution in [0.5, 0.6) is 0 Å². The fraction of sp³-hybridized carbons (Fsp3) is 0.588. The highest BCUT2D eigenvalue weighted by Gasteiger charge is 2.27. The van der Waals surface area contributed by atoms with Gasteiger partial charge in [0.05, 0.1) is 5.69 Å². The number of piperidine rings is 1. The second kappa shape index (κ2) is 7.51. The van der Waals surface area contributed by atoms with Crippen molar-refractivity contribution >= 4 is 27.7 Å². The molecule has 6 heteroatoms. The number of nitrogens with one attached hydrogen (secondary N) is 1. The quantitative estimate of drug-likeness (QED) is 0.821. The first-order valence-corrected chi connectivity index (χ1v) is 8.71. The molecule has 1 aromatic carbocycles. The molecule has 2 rings (SSSR count). The van der Waals surface area contributed by atoms with Gasteiger partial charge in [-0.05, 0) is 67.6 Å². The Morgan fingerprint density at radius 2 is 2.22 bits per heavy atom. The molecule has 0 bridgehead atoms. The van der Waals surface area contributed by atoms with Crippen LogP contribution in [0.4, 0.5) is 14.9 Å². The Bertz CT molecular complexity index is 540. The van der Waals surface area contributed by atoms with Crippen molar-refractivity contribution in [2.75, 3.05) is 25.0 Å². The highest BCUT2D eigenvalue weighted by atomic mass is 79.9. The number of carbonyl (C=O) groups is 1. The maximum Gasteiger partial charge on any atom is 0.410 e. The number of anilines is 1. The Labute approximate surface area is 145 Å². The summed E-state index contributed by atoms with van der Waals surface area (Å²) in [4.78, 5) is 13.9. The summed E-state index contributed by atoms with van der Waals surface area (Å²) in [5.41, 5.74) is -0.0118. The van der Waals surface area contributed by atoms with Gasteiger partial charge in [-0.2, -0.15) is 0 Å². The SMILES string of the molecule is CC(C)(C)OC(=O)N1CCCC(CNc2c(F)cccc2Br)C1. The fourth-order valence-corrected chi connectivity index (χ4v) is 3.12. The smallest absolute Gasteiger partial charge is 0.410 e. The Hall–Kier alpha value is -1.30.